The molecule has 1 amide bonds. The van der Waals surface area contributed by atoms with Gasteiger partial charge in [0.25, 0.3) is 11.6 Å². The number of nitrogens with zero attached hydrogens (tertiary/aromatic N) is 1. The molecule has 0 radical (unpaired) electrons. The Hall–Kier alpha value is -3.01. The fourth-order valence-electron chi connectivity index (χ4n) is 2.66. The molecule has 0 atom stereocenters. The maximum atomic E-state index is 12.8. The summed E-state index contributed by atoms with van der Waals surface area (Å²) in [5, 5.41) is 14.1. The van der Waals surface area contributed by atoms with E-state index >= 15 is 0 Å². The average molecular weight is 453 g/mol. The van der Waals surface area contributed by atoms with Crippen molar-refractivity contribution in [3.8, 4) is 23.0 Å². The number of nitro groups is 1. The number of hydrogen-bond donors (Lipinski definition) is 1. The molecule has 28 heavy (non-hydrogen) atoms. The molecule has 1 aliphatic heterocycles. The topological polar surface area (TPSA) is 109 Å². The summed E-state index contributed by atoms with van der Waals surface area (Å²) in [7, 11) is 1.37. The monoisotopic (exact) mass is 452 g/mol. The minimum Gasteiger partial charge on any atom is -0.493 e. The number of benzene rings is 2. The van der Waals surface area contributed by atoms with Gasteiger partial charge in [-0.3, -0.25) is 14.9 Å². The number of fused-ring (bicyclic) bond motifs is 1. The Morgan fingerprint density at radius 1 is 1.21 bits per heavy atom. The molecule has 2 aromatic rings. The van der Waals surface area contributed by atoms with E-state index in [9.17, 15) is 14.9 Å². The number of methoxy groups -OCH3 is 1. The molecular formula is C18H17BrN2O7. The van der Waals surface area contributed by atoms with Gasteiger partial charge in [-0.25, -0.2) is 0 Å². The molecule has 3 rings (SSSR count). The minimum atomic E-state index is -0.673. The Morgan fingerprint density at radius 3 is 2.50 bits per heavy atom. The largest absolute Gasteiger partial charge is 0.493 e. The predicted octanol–water partition coefficient (Wildman–Crippen LogP) is 3.79. The second kappa shape index (κ2) is 8.34. The summed E-state index contributed by atoms with van der Waals surface area (Å²) in [5.74, 6) is 0.759. The summed E-state index contributed by atoms with van der Waals surface area (Å²) in [6.45, 7) is 2.89. The van der Waals surface area contributed by atoms with E-state index < -0.39 is 16.5 Å². The van der Waals surface area contributed by atoms with Crippen molar-refractivity contribution in [2.75, 3.05) is 32.2 Å². The summed E-state index contributed by atoms with van der Waals surface area (Å²) >= 11 is 3.36. The highest BCUT2D eigenvalue weighted by Crippen LogP contribution is 2.39. The van der Waals surface area contributed by atoms with Crippen LogP contribution in [-0.2, 0) is 0 Å². The number of halogens is 1. The van der Waals surface area contributed by atoms with E-state index in [0.29, 0.717) is 41.5 Å². The number of carbonyl (C=O) groups excluding carboxylic acids is 1. The lowest BCUT2D eigenvalue weighted by Gasteiger charge is -2.20. The van der Waals surface area contributed by atoms with Crippen molar-refractivity contribution in [2.45, 2.75) is 6.92 Å². The highest BCUT2D eigenvalue weighted by atomic mass is 79.9. The molecule has 0 unspecified atom stereocenters. The third-order valence-electron chi connectivity index (χ3n) is 3.90. The van der Waals surface area contributed by atoms with Crippen molar-refractivity contribution in [3.05, 3.63) is 44.4 Å². The van der Waals surface area contributed by atoms with E-state index in [1.165, 1.54) is 19.2 Å². The lowest BCUT2D eigenvalue weighted by Crippen LogP contribution is -2.17. The van der Waals surface area contributed by atoms with Crippen LogP contribution in [0.2, 0.25) is 0 Å². The second-order valence-electron chi connectivity index (χ2n) is 5.64. The molecule has 0 fully saturated rings. The molecular weight excluding hydrogens is 436 g/mol. The van der Waals surface area contributed by atoms with Crippen LogP contribution in [0.4, 0.5) is 11.4 Å². The van der Waals surface area contributed by atoms with Gasteiger partial charge in [-0.2, -0.15) is 0 Å². The summed E-state index contributed by atoms with van der Waals surface area (Å²) < 4.78 is 22.1. The molecule has 0 saturated carbocycles. The standard InChI is InChI=1S/C18H17BrN2O7/c1-3-26-15-6-10(13(21(23)24)9-14(15)25-2)18(22)20-12-8-17-16(7-11(12)19)27-4-5-28-17/h6-9H,3-5H2,1-2H3,(H,20,22). The molecule has 0 bridgehead atoms. The van der Waals surface area contributed by atoms with Crippen LogP contribution >= 0.6 is 15.9 Å². The molecule has 10 heteroatoms. The van der Waals surface area contributed by atoms with Gasteiger partial charge in [-0.05, 0) is 22.9 Å². The fraction of sp³-hybridized carbons (Fsp3) is 0.278. The van der Waals surface area contributed by atoms with E-state index in [1.807, 2.05) is 0 Å². The first-order valence-corrected chi connectivity index (χ1v) is 9.13. The zero-order valence-corrected chi connectivity index (χ0v) is 16.7. The Morgan fingerprint density at radius 2 is 1.89 bits per heavy atom. The smallest absolute Gasteiger partial charge is 0.286 e. The van der Waals surface area contributed by atoms with Gasteiger partial charge in [0, 0.05) is 22.7 Å². The van der Waals surface area contributed by atoms with Gasteiger partial charge < -0.3 is 24.3 Å². The van der Waals surface area contributed by atoms with E-state index in [1.54, 1.807) is 19.1 Å². The summed E-state index contributed by atoms with van der Waals surface area (Å²) in [6.07, 6.45) is 0. The zero-order chi connectivity index (χ0) is 20.3. The van der Waals surface area contributed by atoms with Crippen molar-refractivity contribution in [3.63, 3.8) is 0 Å². The van der Waals surface area contributed by atoms with Gasteiger partial charge in [-0.1, -0.05) is 0 Å². The SMILES string of the molecule is CCOc1cc(C(=O)Nc2cc3c(cc2Br)OCCO3)c([N+](=O)[O-])cc1OC. The minimum absolute atomic E-state index is 0.156. The Kier molecular flexibility index (Phi) is 5.88. The summed E-state index contributed by atoms with van der Waals surface area (Å²) in [6, 6.07) is 5.72. The molecule has 0 aliphatic carbocycles. The summed E-state index contributed by atoms with van der Waals surface area (Å²) in [5.41, 5.74) is -0.167. The van der Waals surface area contributed by atoms with E-state index in [2.05, 4.69) is 21.2 Å². The highest BCUT2D eigenvalue weighted by Gasteiger charge is 2.26. The number of nitro benzene ring substituents is 1. The second-order valence-corrected chi connectivity index (χ2v) is 6.49. The quantitative estimate of drug-likeness (QED) is 0.524. The number of amides is 1. The number of carbonyl (C=O) groups is 1. The van der Waals surface area contributed by atoms with Gasteiger partial charge in [0.15, 0.2) is 23.0 Å². The van der Waals surface area contributed by atoms with Crippen molar-refractivity contribution in [1.82, 2.24) is 0 Å². The number of rotatable bonds is 6. The highest BCUT2D eigenvalue weighted by molar-refractivity contribution is 9.10. The molecule has 0 saturated heterocycles. The molecule has 148 valence electrons. The Bertz CT molecular complexity index is 933. The number of hydrogen-bond acceptors (Lipinski definition) is 7. The number of nitrogens with one attached hydrogen (secondary N) is 1. The maximum absolute atomic E-state index is 12.8. The lowest BCUT2D eigenvalue weighted by molar-refractivity contribution is -0.385. The molecule has 0 aromatic heterocycles. The number of anilines is 1. The molecule has 1 heterocycles. The zero-order valence-electron chi connectivity index (χ0n) is 15.1. The third-order valence-corrected chi connectivity index (χ3v) is 4.56. The first kappa shape index (κ1) is 19.7. The van der Waals surface area contributed by atoms with E-state index in [-0.39, 0.29) is 17.1 Å². The normalized spacial score (nSPS) is 12.2. The Labute approximate surface area is 168 Å². The molecule has 0 spiro atoms. The van der Waals surface area contributed by atoms with Gasteiger partial charge in [0.2, 0.25) is 0 Å². The van der Waals surface area contributed by atoms with Gasteiger partial charge in [-0.15, -0.1) is 0 Å². The van der Waals surface area contributed by atoms with Crippen LogP contribution in [0, 0.1) is 10.1 Å². The van der Waals surface area contributed by atoms with Crippen LogP contribution in [0.5, 0.6) is 23.0 Å². The van der Waals surface area contributed by atoms with Crippen LogP contribution in [-0.4, -0.2) is 37.8 Å². The predicted molar refractivity (Wildman–Crippen MR) is 104 cm³/mol. The molecule has 9 nitrogen and oxygen atoms in total. The fourth-order valence-corrected chi connectivity index (χ4v) is 3.08. The van der Waals surface area contributed by atoms with Crippen LogP contribution in [0.15, 0.2) is 28.7 Å². The van der Waals surface area contributed by atoms with Crippen molar-refractivity contribution < 1.29 is 28.7 Å². The van der Waals surface area contributed by atoms with Gasteiger partial charge in [0.1, 0.15) is 18.8 Å². The first-order valence-electron chi connectivity index (χ1n) is 8.34. The lowest BCUT2D eigenvalue weighted by atomic mass is 10.1. The van der Waals surface area contributed by atoms with E-state index in [4.69, 9.17) is 18.9 Å². The van der Waals surface area contributed by atoms with Gasteiger partial charge >= 0.3 is 0 Å². The third kappa shape index (κ3) is 3.96. The van der Waals surface area contributed by atoms with Crippen molar-refractivity contribution >= 4 is 33.2 Å². The molecule has 1 aliphatic rings. The van der Waals surface area contributed by atoms with Crippen LogP contribution < -0.4 is 24.3 Å². The van der Waals surface area contributed by atoms with Crippen LogP contribution in [0.25, 0.3) is 0 Å². The van der Waals surface area contributed by atoms with Crippen molar-refractivity contribution in [2.24, 2.45) is 0 Å². The average Bonchev–Trinajstić information content (AvgIpc) is 2.68. The van der Waals surface area contributed by atoms with Crippen LogP contribution in [0.1, 0.15) is 17.3 Å². The van der Waals surface area contributed by atoms with Crippen LogP contribution in [0.3, 0.4) is 0 Å². The maximum Gasteiger partial charge on any atom is 0.286 e. The summed E-state index contributed by atoms with van der Waals surface area (Å²) in [4.78, 5) is 23.6. The number of ether oxygens (including phenoxy) is 4. The Balaban J connectivity index is 1.98. The molecule has 2 aromatic carbocycles. The van der Waals surface area contributed by atoms with Crippen molar-refractivity contribution in [1.29, 1.82) is 0 Å². The first-order chi connectivity index (χ1) is 13.4. The van der Waals surface area contributed by atoms with E-state index in [0.717, 1.165) is 0 Å². The van der Waals surface area contributed by atoms with Gasteiger partial charge in [0.05, 0.1) is 30.4 Å². The molecule has 1 N–H and O–H groups in total.